The van der Waals surface area contributed by atoms with Crippen LogP contribution in [0.3, 0.4) is 0 Å². The molecule has 0 bridgehead atoms. The van der Waals surface area contributed by atoms with Crippen LogP contribution < -0.4 is 0 Å². The van der Waals surface area contributed by atoms with Crippen LogP contribution in [0.15, 0.2) is 0 Å². The van der Waals surface area contributed by atoms with E-state index in [1.54, 1.807) is 7.11 Å². The first-order valence-corrected chi connectivity index (χ1v) is 9.59. The van der Waals surface area contributed by atoms with Crippen molar-refractivity contribution in [1.29, 1.82) is 0 Å². The van der Waals surface area contributed by atoms with Crippen LogP contribution in [0.2, 0.25) is 0 Å². The summed E-state index contributed by atoms with van der Waals surface area (Å²) in [6, 6.07) is 0. The predicted molar refractivity (Wildman–Crippen MR) is 85.3 cm³/mol. The van der Waals surface area contributed by atoms with Crippen molar-refractivity contribution in [2.24, 2.45) is 0 Å². The van der Waals surface area contributed by atoms with Crippen LogP contribution in [0.25, 0.3) is 0 Å². The Morgan fingerprint density at radius 2 is 1.26 bits per heavy atom. The quantitative estimate of drug-likeness (QED) is 0.590. The molecule has 0 saturated heterocycles. The SMILES string of the molecule is CCO[Si](OCC)(OCC)C(CC)N(C)C.CO[SiH3]. The summed E-state index contributed by atoms with van der Waals surface area (Å²) in [5.74, 6) is 0. The summed E-state index contributed by atoms with van der Waals surface area (Å²) in [4.78, 5) is 2.15. The normalized spacial score (nSPS) is 13.3. The van der Waals surface area contributed by atoms with E-state index in [9.17, 15) is 0 Å². The van der Waals surface area contributed by atoms with Gasteiger partial charge in [0.2, 0.25) is 0 Å². The Bertz CT molecular complexity index is 180. The Hall–Kier alpha value is 0.234. The summed E-state index contributed by atoms with van der Waals surface area (Å²) in [6.45, 7) is 10.0. The van der Waals surface area contributed by atoms with Crippen molar-refractivity contribution in [3.8, 4) is 0 Å². The van der Waals surface area contributed by atoms with Gasteiger partial charge in [0.15, 0.2) is 0 Å². The summed E-state index contributed by atoms with van der Waals surface area (Å²) in [5, 5.41) is 0. The molecule has 0 aromatic heterocycles. The molecule has 118 valence electrons. The van der Waals surface area contributed by atoms with Crippen LogP contribution in [0.5, 0.6) is 0 Å². The zero-order chi connectivity index (χ0) is 15.3. The largest absolute Gasteiger partial charge is 0.519 e. The Labute approximate surface area is 123 Å². The highest BCUT2D eigenvalue weighted by Gasteiger charge is 2.49. The monoisotopic (exact) mass is 311 g/mol. The average molecular weight is 312 g/mol. The van der Waals surface area contributed by atoms with Crippen molar-refractivity contribution in [3.05, 3.63) is 0 Å². The molecule has 1 atom stereocenters. The second-order valence-electron chi connectivity index (χ2n) is 4.20. The van der Waals surface area contributed by atoms with Gasteiger partial charge in [-0.2, -0.15) is 0 Å². The van der Waals surface area contributed by atoms with Gasteiger partial charge in [0.1, 0.15) is 10.5 Å². The van der Waals surface area contributed by atoms with E-state index in [4.69, 9.17) is 13.3 Å². The second kappa shape index (κ2) is 13.2. The van der Waals surface area contributed by atoms with Crippen LogP contribution >= 0.6 is 0 Å². The van der Waals surface area contributed by atoms with Crippen molar-refractivity contribution in [2.45, 2.75) is 39.8 Å². The van der Waals surface area contributed by atoms with Crippen molar-refractivity contribution >= 4 is 19.3 Å². The minimum atomic E-state index is -2.56. The summed E-state index contributed by atoms with van der Waals surface area (Å²) < 4.78 is 22.0. The zero-order valence-corrected chi connectivity index (χ0v) is 17.0. The standard InChI is InChI=1S/C11H27NO3Si.CH6OSi/c1-7-11(12(5)6)16(13-8-2,14-9-3)15-10-4;1-2-3/h11H,7-10H2,1-6H3;1,3H3. The lowest BCUT2D eigenvalue weighted by atomic mass is 10.4. The third kappa shape index (κ3) is 8.18. The van der Waals surface area contributed by atoms with Crippen molar-refractivity contribution < 1.29 is 17.7 Å². The van der Waals surface area contributed by atoms with Crippen molar-refractivity contribution in [2.75, 3.05) is 41.0 Å². The molecule has 1 unspecified atom stereocenters. The van der Waals surface area contributed by atoms with Gasteiger partial charge in [0, 0.05) is 26.9 Å². The first-order valence-electron chi connectivity index (χ1n) is 6.97. The second-order valence-corrected chi connectivity index (χ2v) is 7.75. The molecule has 0 aliphatic heterocycles. The van der Waals surface area contributed by atoms with E-state index in [1.807, 2.05) is 34.9 Å². The van der Waals surface area contributed by atoms with Gasteiger partial charge < -0.3 is 22.6 Å². The molecule has 0 radical (unpaired) electrons. The fourth-order valence-corrected chi connectivity index (χ4v) is 5.12. The summed E-state index contributed by atoms with van der Waals surface area (Å²) in [5.41, 5.74) is 0.229. The molecule has 19 heavy (non-hydrogen) atoms. The molecule has 0 fully saturated rings. The first-order chi connectivity index (χ1) is 8.99. The molecule has 0 aromatic carbocycles. The lowest BCUT2D eigenvalue weighted by Crippen LogP contribution is -2.61. The van der Waals surface area contributed by atoms with Gasteiger partial charge in [-0.1, -0.05) is 6.92 Å². The molecule has 0 spiro atoms. The van der Waals surface area contributed by atoms with E-state index in [-0.39, 0.29) is 5.67 Å². The highest BCUT2D eigenvalue weighted by atomic mass is 28.4. The van der Waals surface area contributed by atoms with E-state index in [0.29, 0.717) is 19.8 Å². The highest BCUT2D eigenvalue weighted by molar-refractivity contribution is 6.62. The molecule has 5 nitrogen and oxygen atoms in total. The molecule has 0 aliphatic carbocycles. The Balaban J connectivity index is 0. The fourth-order valence-electron chi connectivity index (χ4n) is 1.95. The number of hydrogen-bond acceptors (Lipinski definition) is 5. The third-order valence-electron chi connectivity index (χ3n) is 2.45. The van der Waals surface area contributed by atoms with Gasteiger partial charge in [0.25, 0.3) is 0 Å². The maximum atomic E-state index is 5.88. The van der Waals surface area contributed by atoms with Gasteiger partial charge in [-0.15, -0.1) is 0 Å². The molecule has 0 amide bonds. The minimum Gasteiger partial charge on any atom is -0.431 e. The maximum absolute atomic E-state index is 5.88. The predicted octanol–water partition coefficient (Wildman–Crippen LogP) is 0.827. The number of nitrogens with zero attached hydrogens (tertiary/aromatic N) is 1. The van der Waals surface area contributed by atoms with Crippen LogP contribution in [0.4, 0.5) is 0 Å². The van der Waals surface area contributed by atoms with E-state index in [0.717, 1.165) is 16.9 Å². The summed E-state index contributed by atoms with van der Waals surface area (Å²) in [6.07, 6.45) is 0.971. The van der Waals surface area contributed by atoms with Crippen molar-refractivity contribution in [3.63, 3.8) is 0 Å². The van der Waals surface area contributed by atoms with E-state index in [2.05, 4.69) is 16.2 Å². The molecule has 0 heterocycles. The third-order valence-corrected chi connectivity index (χ3v) is 6.27. The zero-order valence-electron chi connectivity index (χ0n) is 14.0. The van der Waals surface area contributed by atoms with Gasteiger partial charge in [0.05, 0.1) is 5.67 Å². The Morgan fingerprint density at radius 1 is 0.947 bits per heavy atom. The van der Waals surface area contributed by atoms with Crippen LogP contribution in [-0.4, -0.2) is 70.9 Å². The van der Waals surface area contributed by atoms with Gasteiger partial charge in [-0.05, 0) is 41.3 Å². The molecule has 0 saturated carbocycles. The van der Waals surface area contributed by atoms with Crippen LogP contribution in [-0.2, 0) is 17.7 Å². The molecule has 0 aromatic rings. The van der Waals surface area contributed by atoms with Crippen LogP contribution in [0, 0.1) is 0 Å². The average Bonchev–Trinajstić information content (AvgIpc) is 2.31. The maximum Gasteiger partial charge on any atom is 0.519 e. The molecular weight excluding hydrogens is 278 g/mol. The van der Waals surface area contributed by atoms with Gasteiger partial charge in [-0.25, -0.2) is 0 Å². The molecular formula is C12H33NO4Si2. The van der Waals surface area contributed by atoms with E-state index < -0.39 is 8.80 Å². The van der Waals surface area contributed by atoms with Gasteiger partial charge >= 0.3 is 8.80 Å². The highest BCUT2D eigenvalue weighted by Crippen LogP contribution is 2.21. The summed E-state index contributed by atoms with van der Waals surface area (Å²) >= 11 is 0. The lowest BCUT2D eigenvalue weighted by Gasteiger charge is -2.38. The number of hydrogen-bond donors (Lipinski definition) is 0. The molecule has 0 N–H and O–H groups in total. The van der Waals surface area contributed by atoms with E-state index in [1.165, 1.54) is 0 Å². The number of rotatable bonds is 9. The minimum absolute atomic E-state index is 0.229. The molecule has 7 heteroatoms. The van der Waals surface area contributed by atoms with Crippen LogP contribution in [0.1, 0.15) is 34.1 Å². The Kier molecular flexibility index (Phi) is 15.0. The van der Waals surface area contributed by atoms with Gasteiger partial charge in [-0.3, -0.25) is 0 Å². The summed E-state index contributed by atoms with van der Waals surface area (Å²) in [7, 11) is 4.09. The topological polar surface area (TPSA) is 40.2 Å². The molecule has 0 aliphatic rings. The van der Waals surface area contributed by atoms with E-state index >= 15 is 0 Å². The molecule has 0 rings (SSSR count). The lowest BCUT2D eigenvalue weighted by molar-refractivity contribution is 0.0429. The fraction of sp³-hybridized carbons (Fsp3) is 1.00. The Morgan fingerprint density at radius 3 is 1.42 bits per heavy atom. The first kappa shape index (κ1) is 21.5. The smallest absolute Gasteiger partial charge is 0.431 e. The van der Waals surface area contributed by atoms with Crippen molar-refractivity contribution in [1.82, 2.24) is 4.90 Å².